The van der Waals surface area contributed by atoms with Gasteiger partial charge in [-0.15, -0.1) is 0 Å². The van der Waals surface area contributed by atoms with E-state index in [1.807, 2.05) is 0 Å². The lowest BCUT2D eigenvalue weighted by atomic mass is 10.3. The van der Waals surface area contributed by atoms with Gasteiger partial charge in [-0.25, -0.2) is 8.42 Å². The topological polar surface area (TPSA) is 101 Å². The molecular weight excluding hydrogens is 270 g/mol. The molecule has 0 spiro atoms. The van der Waals surface area contributed by atoms with E-state index in [-0.39, 0.29) is 18.6 Å². The van der Waals surface area contributed by atoms with Gasteiger partial charge in [0, 0.05) is 12.1 Å². The lowest BCUT2D eigenvalue weighted by Crippen LogP contribution is -2.24. The lowest BCUT2D eigenvalue weighted by molar-refractivity contribution is -0.137. The Morgan fingerprint density at radius 2 is 1.79 bits per heavy atom. The van der Waals surface area contributed by atoms with Crippen molar-refractivity contribution in [2.45, 2.75) is 12.8 Å². The molecule has 104 valence electrons. The van der Waals surface area contributed by atoms with E-state index in [2.05, 4.69) is 5.32 Å². The van der Waals surface area contributed by atoms with Crippen LogP contribution in [0.15, 0.2) is 30.3 Å². The molecule has 1 rings (SSSR count). The molecule has 0 heterocycles. The van der Waals surface area contributed by atoms with Crippen molar-refractivity contribution in [2.24, 2.45) is 0 Å². The Balaban J connectivity index is 2.45. The van der Waals surface area contributed by atoms with Gasteiger partial charge in [0.1, 0.15) is 5.75 Å². The summed E-state index contributed by atoms with van der Waals surface area (Å²) in [6.45, 7) is 0. The summed E-state index contributed by atoms with van der Waals surface area (Å²) in [7, 11) is -3.57. The molecule has 1 amide bonds. The maximum absolute atomic E-state index is 11.6. The van der Waals surface area contributed by atoms with Crippen molar-refractivity contribution < 1.29 is 23.1 Å². The molecule has 0 atom stereocenters. The van der Waals surface area contributed by atoms with Gasteiger partial charge in [-0.2, -0.15) is 0 Å². The molecule has 0 saturated heterocycles. The maximum Gasteiger partial charge on any atom is 0.303 e. The Morgan fingerprint density at radius 3 is 2.37 bits per heavy atom. The van der Waals surface area contributed by atoms with Gasteiger partial charge in [0.25, 0.3) is 0 Å². The normalized spacial score (nSPS) is 10.9. The van der Waals surface area contributed by atoms with Gasteiger partial charge in [0.05, 0.1) is 5.75 Å². The molecule has 1 aromatic rings. The number of hydrogen-bond donors (Lipinski definition) is 2. The van der Waals surface area contributed by atoms with Gasteiger partial charge < -0.3 is 10.4 Å². The Labute approximate surface area is 111 Å². The van der Waals surface area contributed by atoms with E-state index in [9.17, 15) is 18.0 Å². The minimum Gasteiger partial charge on any atom is -0.481 e. The summed E-state index contributed by atoms with van der Waals surface area (Å²) in [6, 6.07) is 8.51. The first-order valence-electron chi connectivity index (χ1n) is 5.66. The molecule has 0 aliphatic rings. The number of aliphatic carboxylic acids is 1. The van der Waals surface area contributed by atoms with Crippen LogP contribution in [0.25, 0.3) is 0 Å². The molecule has 19 heavy (non-hydrogen) atoms. The van der Waals surface area contributed by atoms with Crippen LogP contribution in [-0.2, 0) is 19.4 Å². The van der Waals surface area contributed by atoms with E-state index in [0.717, 1.165) is 0 Å². The van der Waals surface area contributed by atoms with Crippen LogP contribution in [0, 0.1) is 0 Å². The quantitative estimate of drug-likeness (QED) is 0.775. The molecule has 0 saturated carbocycles. The highest BCUT2D eigenvalue weighted by molar-refractivity contribution is 7.92. The van der Waals surface area contributed by atoms with Gasteiger partial charge in [-0.3, -0.25) is 9.59 Å². The zero-order valence-electron chi connectivity index (χ0n) is 10.2. The van der Waals surface area contributed by atoms with Crippen LogP contribution in [0.4, 0.5) is 5.69 Å². The number of carboxylic acids is 1. The van der Waals surface area contributed by atoms with Crippen molar-refractivity contribution in [3.05, 3.63) is 30.3 Å². The van der Waals surface area contributed by atoms with Crippen LogP contribution in [0.5, 0.6) is 0 Å². The van der Waals surface area contributed by atoms with Crippen molar-refractivity contribution >= 4 is 27.4 Å². The second-order valence-corrected chi connectivity index (χ2v) is 6.19. The molecule has 0 aliphatic carbocycles. The molecular formula is C12H15NO5S. The first kappa shape index (κ1) is 15.2. The van der Waals surface area contributed by atoms with E-state index in [1.165, 1.54) is 0 Å². The molecule has 7 heteroatoms. The maximum atomic E-state index is 11.6. The van der Waals surface area contributed by atoms with E-state index < -0.39 is 27.5 Å². The van der Waals surface area contributed by atoms with Crippen molar-refractivity contribution in [1.29, 1.82) is 0 Å². The van der Waals surface area contributed by atoms with Crippen molar-refractivity contribution in [3.8, 4) is 0 Å². The second-order valence-electron chi connectivity index (χ2n) is 4.00. The average molecular weight is 285 g/mol. The molecule has 0 fully saturated rings. The van der Waals surface area contributed by atoms with Crippen LogP contribution < -0.4 is 5.32 Å². The zero-order valence-corrected chi connectivity index (χ0v) is 11.0. The monoisotopic (exact) mass is 285 g/mol. The number of amides is 1. The van der Waals surface area contributed by atoms with E-state index in [4.69, 9.17) is 5.11 Å². The number of rotatable bonds is 7. The summed E-state index contributed by atoms with van der Waals surface area (Å²) < 4.78 is 23.1. The SMILES string of the molecule is O=C(O)CCCS(=O)(=O)CC(=O)Nc1ccccc1. The first-order valence-corrected chi connectivity index (χ1v) is 7.48. The third kappa shape index (κ3) is 6.56. The van der Waals surface area contributed by atoms with Gasteiger partial charge in [-0.1, -0.05) is 18.2 Å². The highest BCUT2D eigenvalue weighted by atomic mass is 32.2. The Bertz CT molecular complexity index is 538. The molecule has 0 unspecified atom stereocenters. The fraction of sp³-hybridized carbons (Fsp3) is 0.333. The molecule has 6 nitrogen and oxygen atoms in total. The van der Waals surface area contributed by atoms with Crippen LogP contribution >= 0.6 is 0 Å². The number of para-hydroxylation sites is 1. The Hall–Kier alpha value is -1.89. The number of carbonyl (C=O) groups excluding carboxylic acids is 1. The zero-order chi connectivity index (χ0) is 14.3. The molecule has 0 bridgehead atoms. The predicted octanol–water partition coefficient (Wildman–Crippen LogP) is 0.905. The summed E-state index contributed by atoms with van der Waals surface area (Å²) in [5.74, 6) is -2.62. The van der Waals surface area contributed by atoms with E-state index in [1.54, 1.807) is 30.3 Å². The predicted molar refractivity (Wildman–Crippen MR) is 70.6 cm³/mol. The van der Waals surface area contributed by atoms with E-state index >= 15 is 0 Å². The van der Waals surface area contributed by atoms with Crippen LogP contribution in [0.2, 0.25) is 0 Å². The first-order chi connectivity index (χ1) is 8.89. The smallest absolute Gasteiger partial charge is 0.303 e. The fourth-order valence-corrected chi connectivity index (χ4v) is 2.63. The number of carboxylic acid groups (broad SMARTS) is 1. The second kappa shape index (κ2) is 6.89. The minimum absolute atomic E-state index is 0.0102. The standard InChI is InChI=1S/C12H15NO5S/c14-11(13-10-5-2-1-3-6-10)9-19(17,18)8-4-7-12(15)16/h1-3,5-6H,4,7-9H2,(H,13,14)(H,15,16). The Morgan fingerprint density at radius 1 is 1.16 bits per heavy atom. The Kier molecular flexibility index (Phi) is 5.50. The van der Waals surface area contributed by atoms with Crippen molar-refractivity contribution in [3.63, 3.8) is 0 Å². The average Bonchev–Trinajstić information content (AvgIpc) is 2.28. The van der Waals surface area contributed by atoms with Gasteiger partial charge in [0.15, 0.2) is 9.84 Å². The number of carbonyl (C=O) groups is 2. The summed E-state index contributed by atoms with van der Waals surface area (Å²) in [5.41, 5.74) is 0.522. The number of hydrogen-bond acceptors (Lipinski definition) is 4. The number of anilines is 1. The summed E-state index contributed by atoms with van der Waals surface area (Å²) in [6.07, 6.45) is -0.212. The highest BCUT2D eigenvalue weighted by Gasteiger charge is 2.17. The van der Waals surface area contributed by atoms with Crippen LogP contribution in [0.1, 0.15) is 12.8 Å². The van der Waals surface area contributed by atoms with Crippen molar-refractivity contribution in [2.75, 3.05) is 16.8 Å². The fourth-order valence-electron chi connectivity index (χ4n) is 1.43. The highest BCUT2D eigenvalue weighted by Crippen LogP contribution is 2.06. The van der Waals surface area contributed by atoms with Crippen LogP contribution in [-0.4, -0.2) is 36.9 Å². The molecule has 1 aromatic carbocycles. The molecule has 0 aromatic heterocycles. The third-order valence-corrected chi connectivity index (χ3v) is 3.87. The van der Waals surface area contributed by atoms with E-state index in [0.29, 0.717) is 5.69 Å². The molecule has 2 N–H and O–H groups in total. The third-order valence-electron chi connectivity index (χ3n) is 2.25. The largest absolute Gasteiger partial charge is 0.481 e. The van der Waals surface area contributed by atoms with Gasteiger partial charge in [-0.05, 0) is 18.6 Å². The summed E-state index contributed by atoms with van der Waals surface area (Å²) in [5, 5.41) is 10.9. The number of nitrogens with one attached hydrogen (secondary N) is 1. The van der Waals surface area contributed by atoms with Gasteiger partial charge >= 0.3 is 5.97 Å². The van der Waals surface area contributed by atoms with Gasteiger partial charge in [0.2, 0.25) is 5.91 Å². The molecule has 0 aliphatic heterocycles. The number of sulfone groups is 1. The lowest BCUT2D eigenvalue weighted by Gasteiger charge is -2.05. The van der Waals surface area contributed by atoms with Crippen LogP contribution in [0.3, 0.4) is 0 Å². The minimum atomic E-state index is -3.57. The summed E-state index contributed by atoms with van der Waals surface area (Å²) in [4.78, 5) is 21.8. The summed E-state index contributed by atoms with van der Waals surface area (Å²) >= 11 is 0. The van der Waals surface area contributed by atoms with Crippen molar-refractivity contribution in [1.82, 2.24) is 0 Å². The number of benzene rings is 1. The molecule has 0 radical (unpaired) electrons.